The summed E-state index contributed by atoms with van der Waals surface area (Å²) in [5.74, 6) is -1.53. The summed E-state index contributed by atoms with van der Waals surface area (Å²) in [6, 6.07) is 9.23. The molecular weight excluding hydrogens is 372 g/mol. The van der Waals surface area contributed by atoms with E-state index < -0.39 is 34.7 Å². The second-order valence-electron chi connectivity index (χ2n) is 8.37. The second kappa shape index (κ2) is 8.19. The van der Waals surface area contributed by atoms with Gasteiger partial charge >= 0.3 is 11.9 Å². The highest BCUT2D eigenvalue weighted by molar-refractivity contribution is 5.87. The molecule has 0 amide bonds. The molecule has 0 bridgehead atoms. The van der Waals surface area contributed by atoms with E-state index in [0.717, 1.165) is 25.5 Å². The van der Waals surface area contributed by atoms with Crippen LogP contribution >= 0.6 is 0 Å². The van der Waals surface area contributed by atoms with Gasteiger partial charge in [-0.25, -0.2) is 14.6 Å². The second-order valence-corrected chi connectivity index (χ2v) is 8.37. The number of carboxylic acids is 1. The number of ether oxygens (including phenoxy) is 1. The van der Waals surface area contributed by atoms with Gasteiger partial charge in [0, 0.05) is 12.1 Å². The summed E-state index contributed by atoms with van der Waals surface area (Å²) in [6.45, 7) is 5.27. The molecule has 0 spiro atoms. The average molecular weight is 398 g/mol. The molecule has 1 aliphatic heterocycles. The third-order valence-corrected chi connectivity index (χ3v) is 4.98. The molecule has 0 saturated carbocycles. The molecule has 0 saturated heterocycles. The van der Waals surface area contributed by atoms with Gasteiger partial charge in [-0.3, -0.25) is 9.36 Å². The van der Waals surface area contributed by atoms with Crippen molar-refractivity contribution in [3.8, 4) is 0 Å². The Kier molecular flexibility index (Phi) is 5.86. The van der Waals surface area contributed by atoms with Crippen molar-refractivity contribution >= 4 is 11.9 Å². The van der Waals surface area contributed by atoms with E-state index in [2.05, 4.69) is 17.1 Å². The molecule has 3 rings (SSSR count). The highest BCUT2D eigenvalue weighted by atomic mass is 16.6. The number of fused-ring (bicyclic) bond motifs is 1. The number of carbonyl (C=O) groups is 2. The Morgan fingerprint density at radius 2 is 1.93 bits per heavy atom. The van der Waals surface area contributed by atoms with Crippen molar-refractivity contribution in [3.05, 3.63) is 63.8 Å². The van der Waals surface area contributed by atoms with E-state index in [1.165, 1.54) is 10.1 Å². The molecule has 2 aromatic rings. The Hall–Kier alpha value is -2.96. The van der Waals surface area contributed by atoms with Gasteiger partial charge in [0.1, 0.15) is 23.0 Å². The van der Waals surface area contributed by atoms with E-state index in [1.54, 1.807) is 20.8 Å². The van der Waals surface area contributed by atoms with Gasteiger partial charge in [-0.05, 0) is 52.0 Å². The van der Waals surface area contributed by atoms with Crippen LogP contribution in [-0.2, 0) is 16.0 Å². The van der Waals surface area contributed by atoms with Crippen molar-refractivity contribution in [1.29, 1.82) is 0 Å². The number of aromatic carboxylic acids is 1. The Labute approximate surface area is 169 Å². The molecule has 0 radical (unpaired) electrons. The fourth-order valence-electron chi connectivity index (χ4n) is 3.73. The summed E-state index contributed by atoms with van der Waals surface area (Å²) < 4.78 is 6.71. The first kappa shape index (κ1) is 20.8. The lowest BCUT2D eigenvalue weighted by molar-refractivity contribution is -0.159. The summed E-state index contributed by atoms with van der Waals surface area (Å²) in [5, 5.41) is 9.27. The van der Waals surface area contributed by atoms with Crippen LogP contribution in [0, 0.1) is 0 Å². The van der Waals surface area contributed by atoms with Crippen LogP contribution in [0.1, 0.15) is 73.7 Å². The lowest BCUT2D eigenvalue weighted by Gasteiger charge is -2.23. The minimum atomic E-state index is -1.35. The zero-order valence-corrected chi connectivity index (χ0v) is 16.9. The fourth-order valence-corrected chi connectivity index (χ4v) is 3.73. The van der Waals surface area contributed by atoms with Gasteiger partial charge in [-0.2, -0.15) is 0 Å². The van der Waals surface area contributed by atoms with Crippen molar-refractivity contribution in [1.82, 2.24) is 9.55 Å². The molecule has 0 aliphatic carbocycles. The third kappa shape index (κ3) is 4.72. The maximum Gasteiger partial charge on any atom is 0.342 e. The first-order chi connectivity index (χ1) is 13.7. The van der Waals surface area contributed by atoms with E-state index >= 15 is 0 Å². The van der Waals surface area contributed by atoms with E-state index in [1.807, 2.05) is 18.2 Å². The number of rotatable bonds is 6. The van der Waals surface area contributed by atoms with Crippen molar-refractivity contribution in [2.75, 3.05) is 0 Å². The number of esters is 1. The maximum atomic E-state index is 12.8. The van der Waals surface area contributed by atoms with Gasteiger partial charge in [-0.1, -0.05) is 30.3 Å². The molecule has 0 fully saturated rings. The van der Waals surface area contributed by atoms with Crippen LogP contribution in [0.2, 0.25) is 0 Å². The smallest absolute Gasteiger partial charge is 0.342 e. The standard InChI is InChI=1S/C22H26N2O5/c1-22(2,3)29-21(28)17-12-15(11-7-10-14-8-5-4-6-9-14)18-23-13-16(20(26)27)19(25)24(17)18/h4-6,8-9,13,15,17H,7,10-12H2,1-3H3,(H,26,27)/t15?,17-/m0/s1. The molecular formula is C22H26N2O5. The minimum Gasteiger partial charge on any atom is -0.477 e. The number of aromatic nitrogens is 2. The summed E-state index contributed by atoms with van der Waals surface area (Å²) in [7, 11) is 0. The SMILES string of the molecule is CC(C)(C)OC(=O)[C@@H]1CC(CCCc2ccccc2)c2ncc(C(=O)O)c(=O)n21. The highest BCUT2D eigenvalue weighted by Gasteiger charge is 2.40. The van der Waals surface area contributed by atoms with Gasteiger partial charge < -0.3 is 9.84 Å². The van der Waals surface area contributed by atoms with Gasteiger partial charge in [0.05, 0.1) is 0 Å². The van der Waals surface area contributed by atoms with Crippen LogP contribution in [0.25, 0.3) is 0 Å². The zero-order valence-electron chi connectivity index (χ0n) is 16.9. The number of hydrogen-bond acceptors (Lipinski definition) is 5. The summed E-state index contributed by atoms with van der Waals surface area (Å²) >= 11 is 0. The van der Waals surface area contributed by atoms with E-state index in [-0.39, 0.29) is 5.92 Å². The van der Waals surface area contributed by atoms with E-state index in [9.17, 15) is 19.5 Å². The average Bonchev–Trinajstić information content (AvgIpc) is 3.01. The van der Waals surface area contributed by atoms with Crippen LogP contribution < -0.4 is 5.56 Å². The molecule has 154 valence electrons. The van der Waals surface area contributed by atoms with E-state index in [4.69, 9.17) is 4.74 Å². The molecule has 1 N–H and O–H groups in total. The molecule has 2 atom stereocenters. The van der Waals surface area contributed by atoms with Gasteiger partial charge in [0.25, 0.3) is 5.56 Å². The lowest BCUT2D eigenvalue weighted by Crippen LogP contribution is -2.35. The number of nitrogens with zero attached hydrogens (tertiary/aromatic N) is 2. The number of carbonyl (C=O) groups excluding carboxylic acids is 1. The first-order valence-electron chi connectivity index (χ1n) is 9.79. The van der Waals surface area contributed by atoms with Gasteiger partial charge in [0.2, 0.25) is 0 Å². The Balaban J connectivity index is 1.86. The van der Waals surface area contributed by atoms with Crippen LogP contribution in [0.15, 0.2) is 41.3 Å². The van der Waals surface area contributed by atoms with Crippen LogP contribution in [-0.4, -0.2) is 32.2 Å². The molecule has 1 aromatic carbocycles. The Morgan fingerprint density at radius 3 is 2.55 bits per heavy atom. The normalized spacial score (nSPS) is 18.3. The molecule has 1 aliphatic rings. The molecule has 7 nitrogen and oxygen atoms in total. The fraction of sp³-hybridized carbons (Fsp3) is 0.455. The molecule has 1 unspecified atom stereocenters. The third-order valence-electron chi connectivity index (χ3n) is 4.98. The number of aryl methyl sites for hydroxylation is 1. The largest absolute Gasteiger partial charge is 0.477 e. The van der Waals surface area contributed by atoms with Crippen LogP contribution in [0.4, 0.5) is 0 Å². The molecule has 7 heteroatoms. The quantitative estimate of drug-likeness (QED) is 0.750. The van der Waals surface area contributed by atoms with Crippen molar-refractivity contribution in [2.45, 2.75) is 64.0 Å². The summed E-state index contributed by atoms with van der Waals surface area (Å²) in [6.07, 6.45) is 3.97. The summed E-state index contributed by atoms with van der Waals surface area (Å²) in [5.41, 5.74) is -0.624. The Morgan fingerprint density at radius 1 is 1.24 bits per heavy atom. The van der Waals surface area contributed by atoms with Crippen LogP contribution in [0.3, 0.4) is 0 Å². The predicted molar refractivity (Wildman–Crippen MR) is 107 cm³/mol. The molecule has 29 heavy (non-hydrogen) atoms. The minimum absolute atomic E-state index is 0.105. The van der Waals surface area contributed by atoms with Gasteiger partial charge in [-0.15, -0.1) is 0 Å². The lowest BCUT2D eigenvalue weighted by atomic mass is 9.96. The van der Waals surface area contributed by atoms with Crippen molar-refractivity contribution in [3.63, 3.8) is 0 Å². The Bertz CT molecular complexity index is 959. The maximum absolute atomic E-state index is 12.8. The number of carboxylic acid groups (broad SMARTS) is 1. The van der Waals surface area contributed by atoms with Gasteiger partial charge in [0.15, 0.2) is 0 Å². The van der Waals surface area contributed by atoms with Crippen molar-refractivity contribution < 1.29 is 19.4 Å². The first-order valence-corrected chi connectivity index (χ1v) is 9.79. The predicted octanol–water partition coefficient (Wildman–Crippen LogP) is 3.33. The van der Waals surface area contributed by atoms with Crippen LogP contribution in [0.5, 0.6) is 0 Å². The summed E-state index contributed by atoms with van der Waals surface area (Å²) in [4.78, 5) is 41.1. The molecule has 1 aromatic heterocycles. The molecule has 2 heterocycles. The monoisotopic (exact) mass is 398 g/mol. The van der Waals surface area contributed by atoms with E-state index in [0.29, 0.717) is 12.2 Å². The topological polar surface area (TPSA) is 98.5 Å². The zero-order chi connectivity index (χ0) is 21.2. The van der Waals surface area contributed by atoms with Crippen molar-refractivity contribution in [2.24, 2.45) is 0 Å². The highest BCUT2D eigenvalue weighted by Crippen LogP contribution is 2.38. The number of benzene rings is 1. The number of hydrogen-bond donors (Lipinski definition) is 1.